The maximum atomic E-state index is 12.5. The molecule has 2 amide bonds. The third-order valence-corrected chi connectivity index (χ3v) is 4.29. The van der Waals surface area contributed by atoms with Crippen LogP contribution in [0.5, 0.6) is 0 Å². The first kappa shape index (κ1) is 15.4. The van der Waals surface area contributed by atoms with Crippen molar-refractivity contribution in [2.24, 2.45) is 0 Å². The number of para-hydroxylation sites is 2. The molecule has 0 unspecified atom stereocenters. The number of nitrogens with zero attached hydrogens (tertiary/aromatic N) is 4. The summed E-state index contributed by atoms with van der Waals surface area (Å²) in [6.45, 7) is 3.70. The van der Waals surface area contributed by atoms with E-state index >= 15 is 0 Å². The lowest BCUT2D eigenvalue weighted by molar-refractivity contribution is -0.120. The highest BCUT2D eigenvalue weighted by molar-refractivity contribution is 7.99. The molecule has 0 spiro atoms. The largest absolute Gasteiger partial charge is 0.323 e. The average molecular weight is 329 g/mol. The third-order valence-electron chi connectivity index (χ3n) is 3.47. The van der Waals surface area contributed by atoms with Crippen LogP contribution in [0.25, 0.3) is 0 Å². The van der Waals surface area contributed by atoms with E-state index in [9.17, 15) is 9.59 Å². The quantitative estimate of drug-likeness (QED) is 0.860. The first-order valence-electron chi connectivity index (χ1n) is 7.04. The molecule has 0 saturated heterocycles. The van der Waals surface area contributed by atoms with Gasteiger partial charge in [0.1, 0.15) is 6.54 Å². The van der Waals surface area contributed by atoms with Gasteiger partial charge in [0, 0.05) is 0 Å². The lowest BCUT2D eigenvalue weighted by atomic mass is 10.2. The van der Waals surface area contributed by atoms with Crippen molar-refractivity contribution < 1.29 is 9.59 Å². The number of nitrogens with one attached hydrogen (secondary N) is 1. The van der Waals surface area contributed by atoms with Gasteiger partial charge in [-0.15, -0.1) is 5.10 Å². The number of fused-ring (bicyclic) bond motifs is 1. The molecule has 2 heterocycles. The highest BCUT2D eigenvalue weighted by Gasteiger charge is 2.26. The van der Waals surface area contributed by atoms with Gasteiger partial charge in [-0.2, -0.15) is 5.10 Å². The molecule has 0 aliphatic carbocycles. The van der Waals surface area contributed by atoms with Gasteiger partial charge in [-0.3, -0.25) is 9.59 Å². The molecular weight excluding hydrogens is 314 g/mol. The van der Waals surface area contributed by atoms with Gasteiger partial charge in [0.2, 0.25) is 17.0 Å². The van der Waals surface area contributed by atoms with Crippen LogP contribution in [0.3, 0.4) is 0 Å². The van der Waals surface area contributed by atoms with E-state index in [1.165, 1.54) is 16.7 Å². The first-order chi connectivity index (χ1) is 11.0. The Hall–Kier alpha value is -2.48. The predicted octanol–water partition coefficient (Wildman–Crippen LogP) is 1.57. The van der Waals surface area contributed by atoms with Crippen LogP contribution in [0, 0.1) is 13.8 Å². The van der Waals surface area contributed by atoms with Gasteiger partial charge >= 0.3 is 0 Å². The number of hydrogen-bond acceptors (Lipinski definition) is 6. The highest BCUT2D eigenvalue weighted by atomic mass is 32.2. The Balaban J connectivity index is 1.73. The lowest BCUT2D eigenvalue weighted by Gasteiger charge is -2.28. The molecule has 0 atom stereocenters. The molecule has 1 aliphatic rings. The summed E-state index contributed by atoms with van der Waals surface area (Å²) in [5.41, 5.74) is 2.91. The van der Waals surface area contributed by atoms with Crippen molar-refractivity contribution in [2.45, 2.75) is 19.0 Å². The molecule has 1 aromatic heterocycles. The number of carbonyl (C=O) groups excluding carboxylic acids is 2. The molecular formula is C15H15N5O2S. The van der Waals surface area contributed by atoms with Crippen LogP contribution >= 0.6 is 11.8 Å². The standard InChI is InChI=1S/C15H15N5O2S/c1-9-10(2)18-19-15(16-9)23-8-14(22)20-7-13(21)17-11-5-3-4-6-12(11)20/h3-6H,7-8H2,1-2H3,(H,17,21). The number of amides is 2. The monoisotopic (exact) mass is 329 g/mol. The number of benzene rings is 1. The van der Waals surface area contributed by atoms with Crippen molar-refractivity contribution in [2.75, 3.05) is 22.5 Å². The molecule has 1 N–H and O–H groups in total. The summed E-state index contributed by atoms with van der Waals surface area (Å²) < 4.78 is 0. The summed E-state index contributed by atoms with van der Waals surface area (Å²) in [6, 6.07) is 7.23. The van der Waals surface area contributed by atoms with Gasteiger partial charge < -0.3 is 10.2 Å². The van der Waals surface area contributed by atoms with Crippen LogP contribution in [-0.4, -0.2) is 39.3 Å². The van der Waals surface area contributed by atoms with Crippen LogP contribution in [0.15, 0.2) is 29.4 Å². The number of carbonyl (C=O) groups is 2. The van der Waals surface area contributed by atoms with Crippen LogP contribution in [0.2, 0.25) is 0 Å². The molecule has 1 aromatic carbocycles. The van der Waals surface area contributed by atoms with E-state index in [-0.39, 0.29) is 24.1 Å². The topological polar surface area (TPSA) is 88.1 Å². The fraction of sp³-hybridized carbons (Fsp3) is 0.267. The third kappa shape index (κ3) is 3.31. The van der Waals surface area contributed by atoms with E-state index in [1.54, 1.807) is 6.07 Å². The minimum Gasteiger partial charge on any atom is -0.323 e. The number of rotatable bonds is 3. The maximum absolute atomic E-state index is 12.5. The molecule has 0 fully saturated rings. The van der Waals surface area contributed by atoms with Crippen molar-refractivity contribution >= 4 is 35.0 Å². The molecule has 1 aliphatic heterocycles. The summed E-state index contributed by atoms with van der Waals surface area (Å²) in [6.07, 6.45) is 0. The summed E-state index contributed by atoms with van der Waals surface area (Å²) in [7, 11) is 0. The highest BCUT2D eigenvalue weighted by Crippen LogP contribution is 2.29. The second kappa shape index (κ2) is 6.33. The fourth-order valence-corrected chi connectivity index (χ4v) is 2.87. The Morgan fingerprint density at radius 3 is 2.83 bits per heavy atom. The normalized spacial score (nSPS) is 13.5. The Labute approximate surface area is 137 Å². The summed E-state index contributed by atoms with van der Waals surface area (Å²) in [4.78, 5) is 30.0. The number of aromatic nitrogens is 3. The van der Waals surface area contributed by atoms with Crippen molar-refractivity contribution in [3.05, 3.63) is 35.7 Å². The Morgan fingerprint density at radius 1 is 1.26 bits per heavy atom. The smallest absolute Gasteiger partial charge is 0.244 e. The SMILES string of the molecule is Cc1nnc(SCC(=O)N2CC(=O)Nc3ccccc32)nc1C. The molecule has 0 bridgehead atoms. The van der Waals surface area contributed by atoms with Crippen LogP contribution in [-0.2, 0) is 9.59 Å². The van der Waals surface area contributed by atoms with E-state index < -0.39 is 0 Å². The minimum atomic E-state index is -0.203. The molecule has 118 valence electrons. The maximum Gasteiger partial charge on any atom is 0.244 e. The number of anilines is 2. The predicted molar refractivity (Wildman–Crippen MR) is 87.4 cm³/mol. The fourth-order valence-electron chi connectivity index (χ4n) is 2.16. The Bertz CT molecular complexity index is 780. The number of hydrogen-bond donors (Lipinski definition) is 1. The van der Waals surface area contributed by atoms with Crippen molar-refractivity contribution in [3.63, 3.8) is 0 Å². The van der Waals surface area contributed by atoms with Gasteiger partial charge in [-0.1, -0.05) is 23.9 Å². The van der Waals surface area contributed by atoms with Gasteiger partial charge in [0.15, 0.2) is 0 Å². The van der Waals surface area contributed by atoms with Crippen LogP contribution < -0.4 is 10.2 Å². The van der Waals surface area contributed by atoms with E-state index in [2.05, 4.69) is 20.5 Å². The minimum absolute atomic E-state index is 0.0163. The van der Waals surface area contributed by atoms with Gasteiger partial charge in [0.25, 0.3) is 0 Å². The number of thioether (sulfide) groups is 1. The van der Waals surface area contributed by atoms with Gasteiger partial charge in [-0.25, -0.2) is 4.98 Å². The van der Waals surface area contributed by atoms with E-state index in [0.29, 0.717) is 16.5 Å². The van der Waals surface area contributed by atoms with Gasteiger partial charge in [-0.05, 0) is 26.0 Å². The van der Waals surface area contributed by atoms with Crippen molar-refractivity contribution in [1.82, 2.24) is 15.2 Å². The molecule has 3 rings (SSSR count). The Morgan fingerprint density at radius 2 is 2.04 bits per heavy atom. The lowest BCUT2D eigenvalue weighted by Crippen LogP contribution is -2.43. The average Bonchev–Trinajstić information content (AvgIpc) is 2.54. The molecule has 8 heteroatoms. The Kier molecular flexibility index (Phi) is 4.24. The van der Waals surface area contributed by atoms with E-state index in [1.807, 2.05) is 32.0 Å². The zero-order chi connectivity index (χ0) is 16.4. The molecule has 7 nitrogen and oxygen atoms in total. The molecule has 23 heavy (non-hydrogen) atoms. The van der Waals surface area contributed by atoms with E-state index in [0.717, 1.165) is 11.4 Å². The second-order valence-corrected chi connectivity index (χ2v) is 6.04. The zero-order valence-electron chi connectivity index (χ0n) is 12.7. The van der Waals surface area contributed by atoms with Crippen molar-refractivity contribution in [3.8, 4) is 0 Å². The second-order valence-electron chi connectivity index (χ2n) is 5.10. The number of aryl methyl sites for hydroxylation is 2. The summed E-state index contributed by atoms with van der Waals surface area (Å²) >= 11 is 1.21. The molecule has 2 aromatic rings. The van der Waals surface area contributed by atoms with Crippen LogP contribution in [0.4, 0.5) is 11.4 Å². The molecule has 0 saturated carbocycles. The first-order valence-corrected chi connectivity index (χ1v) is 8.03. The van der Waals surface area contributed by atoms with Crippen molar-refractivity contribution in [1.29, 1.82) is 0 Å². The summed E-state index contributed by atoms with van der Waals surface area (Å²) in [5, 5.41) is 11.2. The summed E-state index contributed by atoms with van der Waals surface area (Å²) in [5.74, 6) is -0.225. The van der Waals surface area contributed by atoms with E-state index in [4.69, 9.17) is 0 Å². The van der Waals surface area contributed by atoms with Crippen LogP contribution in [0.1, 0.15) is 11.4 Å². The zero-order valence-corrected chi connectivity index (χ0v) is 13.6. The van der Waals surface area contributed by atoms with Gasteiger partial charge in [0.05, 0.1) is 28.5 Å². The molecule has 0 radical (unpaired) electrons.